The molecule has 0 aliphatic rings. The zero-order valence-electron chi connectivity index (χ0n) is 10.4. The third-order valence-corrected chi connectivity index (χ3v) is 2.35. The Bertz CT molecular complexity index is 521. The van der Waals surface area contributed by atoms with Gasteiger partial charge in [-0.3, -0.25) is 4.79 Å². The van der Waals surface area contributed by atoms with E-state index in [1.165, 1.54) is 18.2 Å². The van der Waals surface area contributed by atoms with E-state index < -0.39 is 36.2 Å². The molecule has 0 saturated carbocycles. The number of aliphatic carboxylic acids is 1. The largest absolute Gasteiger partial charge is 0.480 e. The molecule has 3 amide bonds. The van der Waals surface area contributed by atoms with Crippen LogP contribution in [0.5, 0.6) is 0 Å². The zero-order valence-corrected chi connectivity index (χ0v) is 10.4. The molecule has 108 valence electrons. The second-order valence-electron chi connectivity index (χ2n) is 4.02. The lowest BCUT2D eigenvalue weighted by Gasteiger charge is -2.13. The number of benzene rings is 1. The number of carboxylic acids is 1. The number of hydrogen-bond donors (Lipinski definition) is 4. The van der Waals surface area contributed by atoms with Crippen LogP contribution in [0.2, 0.25) is 0 Å². The Kier molecular flexibility index (Phi) is 5.45. The second kappa shape index (κ2) is 7.07. The minimum atomic E-state index is -1.40. The van der Waals surface area contributed by atoms with E-state index in [-0.39, 0.29) is 6.54 Å². The van der Waals surface area contributed by atoms with E-state index >= 15 is 0 Å². The van der Waals surface area contributed by atoms with Gasteiger partial charge in [0.1, 0.15) is 11.9 Å². The summed E-state index contributed by atoms with van der Waals surface area (Å²) in [5.74, 6) is -2.66. The maximum Gasteiger partial charge on any atom is 0.326 e. The van der Waals surface area contributed by atoms with E-state index in [1.54, 1.807) is 6.07 Å². The minimum absolute atomic E-state index is 0.0203. The first kappa shape index (κ1) is 15.4. The molecule has 1 aromatic carbocycles. The third-order valence-electron chi connectivity index (χ3n) is 2.35. The molecule has 5 N–H and O–H groups in total. The molecule has 0 aliphatic heterocycles. The van der Waals surface area contributed by atoms with Crippen LogP contribution in [0.4, 0.5) is 9.18 Å². The molecule has 0 spiro atoms. The quantitative estimate of drug-likeness (QED) is 0.585. The summed E-state index contributed by atoms with van der Waals surface area (Å²) >= 11 is 0. The van der Waals surface area contributed by atoms with Crippen molar-refractivity contribution in [2.75, 3.05) is 0 Å². The van der Waals surface area contributed by atoms with Crippen molar-refractivity contribution in [1.29, 1.82) is 0 Å². The summed E-state index contributed by atoms with van der Waals surface area (Å²) < 4.78 is 12.9. The first-order chi connectivity index (χ1) is 9.38. The molecule has 1 atom stereocenters. The molecule has 0 fully saturated rings. The van der Waals surface area contributed by atoms with E-state index in [0.29, 0.717) is 5.56 Å². The van der Waals surface area contributed by atoms with Crippen LogP contribution in [0, 0.1) is 5.82 Å². The summed E-state index contributed by atoms with van der Waals surface area (Å²) in [6, 6.07) is 3.39. The highest BCUT2D eigenvalue weighted by molar-refractivity contribution is 5.87. The molecule has 0 bridgehead atoms. The van der Waals surface area contributed by atoms with Gasteiger partial charge in [0, 0.05) is 6.54 Å². The van der Waals surface area contributed by atoms with Crippen LogP contribution >= 0.6 is 0 Å². The summed E-state index contributed by atoms with van der Waals surface area (Å²) in [4.78, 5) is 32.9. The van der Waals surface area contributed by atoms with Crippen LogP contribution in [0.1, 0.15) is 12.0 Å². The van der Waals surface area contributed by atoms with E-state index in [1.807, 2.05) is 0 Å². The lowest BCUT2D eigenvalue weighted by molar-refractivity contribution is -0.140. The normalized spacial score (nSPS) is 11.4. The Morgan fingerprint density at radius 2 is 2.05 bits per heavy atom. The van der Waals surface area contributed by atoms with Crippen molar-refractivity contribution in [3.05, 3.63) is 35.6 Å². The number of nitrogens with one attached hydrogen (secondary N) is 2. The van der Waals surface area contributed by atoms with E-state index in [4.69, 9.17) is 10.8 Å². The van der Waals surface area contributed by atoms with Crippen molar-refractivity contribution >= 4 is 17.9 Å². The molecular formula is C12H14FN3O4. The van der Waals surface area contributed by atoms with Crippen LogP contribution in [0.3, 0.4) is 0 Å². The Balaban J connectivity index is 2.49. The second-order valence-corrected chi connectivity index (χ2v) is 4.02. The van der Waals surface area contributed by atoms with Gasteiger partial charge < -0.3 is 21.5 Å². The number of carbonyl (C=O) groups is 3. The summed E-state index contributed by atoms with van der Waals surface area (Å²) in [6.07, 6.45) is -0.511. The molecule has 1 aromatic rings. The third kappa shape index (κ3) is 5.34. The van der Waals surface area contributed by atoms with Gasteiger partial charge in [-0.1, -0.05) is 12.1 Å². The van der Waals surface area contributed by atoms with Crippen molar-refractivity contribution in [2.24, 2.45) is 5.73 Å². The average Bonchev–Trinajstić information content (AvgIpc) is 2.35. The monoisotopic (exact) mass is 283 g/mol. The van der Waals surface area contributed by atoms with Gasteiger partial charge >= 0.3 is 12.0 Å². The maximum absolute atomic E-state index is 12.9. The number of hydrogen-bond acceptors (Lipinski definition) is 3. The van der Waals surface area contributed by atoms with Crippen molar-refractivity contribution < 1.29 is 23.9 Å². The molecular weight excluding hydrogens is 269 g/mol. The molecule has 0 aromatic heterocycles. The Morgan fingerprint density at radius 3 is 2.60 bits per heavy atom. The number of carboxylic acid groups (broad SMARTS) is 1. The number of primary amides is 1. The highest BCUT2D eigenvalue weighted by atomic mass is 19.1. The molecule has 7 nitrogen and oxygen atoms in total. The molecule has 0 heterocycles. The molecule has 8 heteroatoms. The molecule has 20 heavy (non-hydrogen) atoms. The van der Waals surface area contributed by atoms with Gasteiger partial charge in [0.05, 0.1) is 6.42 Å². The van der Waals surface area contributed by atoms with E-state index in [0.717, 1.165) is 0 Å². The SMILES string of the molecule is NC(=O)CC(NC(=O)NCc1cccc(F)c1)C(=O)O. The lowest BCUT2D eigenvalue weighted by Crippen LogP contribution is -2.47. The van der Waals surface area contributed by atoms with Crippen LogP contribution < -0.4 is 16.4 Å². The zero-order chi connectivity index (χ0) is 15.1. The van der Waals surface area contributed by atoms with Gasteiger partial charge in [-0.05, 0) is 17.7 Å². The van der Waals surface area contributed by atoms with Crippen LogP contribution in [-0.4, -0.2) is 29.1 Å². The maximum atomic E-state index is 12.9. The molecule has 0 aliphatic carbocycles. The van der Waals surface area contributed by atoms with Gasteiger partial charge in [0.2, 0.25) is 5.91 Å². The van der Waals surface area contributed by atoms with Crippen molar-refractivity contribution in [1.82, 2.24) is 10.6 Å². The predicted molar refractivity (Wildman–Crippen MR) is 67.0 cm³/mol. The van der Waals surface area contributed by atoms with Gasteiger partial charge in [-0.25, -0.2) is 14.0 Å². The fourth-order valence-electron chi connectivity index (χ4n) is 1.44. The van der Waals surface area contributed by atoms with Gasteiger partial charge in [-0.2, -0.15) is 0 Å². The standard InChI is InChI=1S/C12H14FN3O4/c13-8-3-1-2-7(4-8)6-15-12(20)16-9(11(18)19)5-10(14)17/h1-4,9H,5-6H2,(H2,14,17)(H,18,19)(H2,15,16,20). The number of urea groups is 1. The fraction of sp³-hybridized carbons (Fsp3) is 0.250. The average molecular weight is 283 g/mol. The van der Waals surface area contributed by atoms with Crippen molar-refractivity contribution in [2.45, 2.75) is 19.0 Å². The van der Waals surface area contributed by atoms with Gasteiger partial charge in [-0.15, -0.1) is 0 Å². The first-order valence-corrected chi connectivity index (χ1v) is 5.68. The van der Waals surface area contributed by atoms with Gasteiger partial charge in [0.25, 0.3) is 0 Å². The number of amides is 3. The number of rotatable bonds is 6. The molecule has 0 radical (unpaired) electrons. The number of carbonyl (C=O) groups excluding carboxylic acids is 2. The first-order valence-electron chi connectivity index (χ1n) is 5.68. The van der Waals surface area contributed by atoms with Crippen molar-refractivity contribution in [3.8, 4) is 0 Å². The van der Waals surface area contributed by atoms with Crippen LogP contribution in [0.15, 0.2) is 24.3 Å². The molecule has 0 saturated heterocycles. The highest BCUT2D eigenvalue weighted by Gasteiger charge is 2.21. The van der Waals surface area contributed by atoms with Crippen LogP contribution in [0.25, 0.3) is 0 Å². The topological polar surface area (TPSA) is 122 Å². The molecule has 1 unspecified atom stereocenters. The van der Waals surface area contributed by atoms with Gasteiger partial charge in [0.15, 0.2) is 0 Å². The van der Waals surface area contributed by atoms with Crippen LogP contribution in [-0.2, 0) is 16.1 Å². The number of halogens is 1. The predicted octanol–water partition coefficient (Wildman–Crippen LogP) is -0.0465. The highest BCUT2D eigenvalue weighted by Crippen LogP contribution is 2.02. The molecule has 1 rings (SSSR count). The smallest absolute Gasteiger partial charge is 0.326 e. The van der Waals surface area contributed by atoms with E-state index in [9.17, 15) is 18.8 Å². The van der Waals surface area contributed by atoms with Crippen molar-refractivity contribution in [3.63, 3.8) is 0 Å². The Morgan fingerprint density at radius 1 is 1.35 bits per heavy atom. The fourth-order valence-corrected chi connectivity index (χ4v) is 1.44. The van der Waals surface area contributed by atoms with E-state index in [2.05, 4.69) is 10.6 Å². The Hall–Kier alpha value is -2.64. The summed E-state index contributed by atoms with van der Waals surface area (Å²) in [6.45, 7) is 0.0203. The minimum Gasteiger partial charge on any atom is -0.480 e. The summed E-state index contributed by atoms with van der Waals surface area (Å²) in [7, 11) is 0. The summed E-state index contributed by atoms with van der Waals surface area (Å²) in [5, 5.41) is 13.2. The Labute approximate surface area is 114 Å². The summed E-state index contributed by atoms with van der Waals surface area (Å²) in [5.41, 5.74) is 5.39. The number of nitrogens with two attached hydrogens (primary N) is 1. The lowest BCUT2D eigenvalue weighted by atomic mass is 10.2.